The average molecular weight is 403 g/mol. The molecule has 1 aromatic rings. The second-order valence-electron chi connectivity index (χ2n) is 3.81. The van der Waals surface area contributed by atoms with Gasteiger partial charge in [0.05, 0.1) is 7.11 Å². The molecule has 112 valence electrons. The van der Waals surface area contributed by atoms with Crippen LogP contribution in [0.5, 0.6) is 5.75 Å². The van der Waals surface area contributed by atoms with Crippen LogP contribution in [-0.4, -0.2) is 29.9 Å². The lowest BCUT2D eigenvalue weighted by Gasteiger charge is -2.11. The number of ether oxygens (including phenoxy) is 2. The quantitative estimate of drug-likeness (QED) is 0.451. The number of methoxy groups -OCH3 is 1. The van der Waals surface area contributed by atoms with Crippen LogP contribution in [0.15, 0.2) is 24.3 Å². The lowest BCUT2D eigenvalue weighted by atomic mass is 10.2. The van der Waals surface area contributed by atoms with E-state index < -0.39 is 6.36 Å². The van der Waals surface area contributed by atoms with Crippen LogP contribution in [0.1, 0.15) is 5.56 Å². The van der Waals surface area contributed by atoms with E-state index in [9.17, 15) is 18.0 Å². The molecule has 1 atom stereocenters. The van der Waals surface area contributed by atoms with Crippen molar-refractivity contribution < 1.29 is 27.4 Å². The summed E-state index contributed by atoms with van der Waals surface area (Å²) in [4.78, 5) is 11.1. The summed E-state index contributed by atoms with van der Waals surface area (Å²) in [6.07, 6.45) is -4.69. The minimum atomic E-state index is -4.69. The monoisotopic (exact) mass is 403 g/mol. The van der Waals surface area contributed by atoms with Crippen LogP contribution in [0.2, 0.25) is 0 Å². The first-order chi connectivity index (χ1) is 9.31. The molecule has 0 bridgehead atoms. The molecule has 1 rings (SSSR count). The molecule has 0 saturated carbocycles. The molecule has 0 aliphatic heterocycles. The van der Waals surface area contributed by atoms with Gasteiger partial charge in [0, 0.05) is 13.1 Å². The summed E-state index contributed by atoms with van der Waals surface area (Å²) in [5.41, 5.74) is 0.785. The Balaban J connectivity index is 2.40. The van der Waals surface area contributed by atoms with Crippen LogP contribution in [0.4, 0.5) is 13.2 Å². The highest BCUT2D eigenvalue weighted by Crippen LogP contribution is 2.22. The minimum absolute atomic E-state index is 0.262. The Morgan fingerprint density at radius 3 is 2.45 bits per heavy atom. The average Bonchev–Trinajstić information content (AvgIpc) is 2.38. The molecule has 0 saturated heterocycles. The fourth-order valence-corrected chi connectivity index (χ4v) is 1.93. The first-order valence-corrected chi connectivity index (χ1v) is 6.83. The van der Waals surface area contributed by atoms with Gasteiger partial charge in [0.2, 0.25) is 0 Å². The maximum absolute atomic E-state index is 12.0. The van der Waals surface area contributed by atoms with Gasteiger partial charge < -0.3 is 14.8 Å². The largest absolute Gasteiger partial charge is 0.573 e. The van der Waals surface area contributed by atoms with Gasteiger partial charge in [0.15, 0.2) is 0 Å². The first-order valence-electron chi connectivity index (χ1n) is 5.59. The predicted octanol–water partition coefficient (Wildman–Crippen LogP) is 2.65. The van der Waals surface area contributed by atoms with Gasteiger partial charge >= 0.3 is 12.3 Å². The van der Waals surface area contributed by atoms with Gasteiger partial charge in [-0.25, -0.2) is 0 Å². The molecule has 1 unspecified atom stereocenters. The molecule has 1 aromatic carbocycles. The maximum Gasteiger partial charge on any atom is 0.573 e. The van der Waals surface area contributed by atoms with Crippen LogP contribution in [0, 0.1) is 0 Å². The molecular weight excluding hydrogens is 390 g/mol. The second-order valence-corrected chi connectivity index (χ2v) is 5.32. The van der Waals surface area contributed by atoms with Crippen LogP contribution in [0.3, 0.4) is 0 Å². The molecule has 0 aliphatic carbocycles. The summed E-state index contributed by atoms with van der Waals surface area (Å²) in [5, 5.41) is 3.01. The van der Waals surface area contributed by atoms with E-state index in [1.165, 1.54) is 31.4 Å². The third-order valence-corrected chi connectivity index (χ3v) is 3.22. The maximum atomic E-state index is 12.0. The molecule has 0 aromatic heterocycles. The van der Waals surface area contributed by atoms with E-state index in [0.717, 1.165) is 5.56 Å². The van der Waals surface area contributed by atoms with Crippen LogP contribution < -0.4 is 10.1 Å². The number of esters is 1. The van der Waals surface area contributed by atoms with E-state index in [2.05, 4.69) is 14.8 Å². The van der Waals surface area contributed by atoms with E-state index in [-0.39, 0.29) is 15.6 Å². The van der Waals surface area contributed by atoms with Crippen LogP contribution >= 0.6 is 22.6 Å². The zero-order chi connectivity index (χ0) is 15.2. The summed E-state index contributed by atoms with van der Waals surface area (Å²) in [5.74, 6) is -0.588. The highest BCUT2D eigenvalue weighted by Gasteiger charge is 2.30. The van der Waals surface area contributed by atoms with Gasteiger partial charge in [-0.05, 0) is 17.7 Å². The lowest BCUT2D eigenvalue weighted by Crippen LogP contribution is -2.29. The highest BCUT2D eigenvalue weighted by molar-refractivity contribution is 14.1. The molecule has 0 amide bonds. The van der Waals surface area contributed by atoms with Crippen molar-refractivity contribution >= 4 is 28.6 Å². The zero-order valence-electron chi connectivity index (χ0n) is 10.5. The molecule has 0 spiro atoms. The van der Waals surface area contributed by atoms with Crippen molar-refractivity contribution in [3.63, 3.8) is 0 Å². The summed E-state index contributed by atoms with van der Waals surface area (Å²) in [7, 11) is 1.31. The summed E-state index contributed by atoms with van der Waals surface area (Å²) in [6.45, 7) is 0.844. The molecule has 0 radical (unpaired) electrons. The predicted molar refractivity (Wildman–Crippen MR) is 74.7 cm³/mol. The van der Waals surface area contributed by atoms with Crippen molar-refractivity contribution in [3.05, 3.63) is 29.8 Å². The standard InChI is InChI=1S/C12H13F3INO3/c1-19-11(18)10(16)7-17-6-8-2-4-9(5-3-8)20-12(13,14)15/h2-5,10,17H,6-7H2,1H3. The Morgan fingerprint density at radius 2 is 1.95 bits per heavy atom. The Hall–Kier alpha value is -1.03. The second kappa shape index (κ2) is 7.67. The number of rotatable bonds is 6. The summed E-state index contributed by atoms with van der Waals surface area (Å²) in [6, 6.07) is 5.53. The Morgan fingerprint density at radius 1 is 1.35 bits per heavy atom. The number of carbonyl (C=O) groups is 1. The van der Waals surface area contributed by atoms with Crippen molar-refractivity contribution in [2.24, 2.45) is 0 Å². The third-order valence-electron chi connectivity index (χ3n) is 2.27. The molecule has 0 aliphatic rings. The Bertz CT molecular complexity index is 437. The van der Waals surface area contributed by atoms with Gasteiger partial charge in [0.25, 0.3) is 0 Å². The number of carbonyl (C=O) groups excluding carboxylic acids is 1. The molecule has 4 nitrogen and oxygen atoms in total. The number of benzene rings is 1. The SMILES string of the molecule is COC(=O)C(I)CNCc1ccc(OC(F)(F)F)cc1. The normalized spacial score (nSPS) is 12.8. The van der Waals surface area contributed by atoms with Gasteiger partial charge in [0.1, 0.15) is 9.67 Å². The van der Waals surface area contributed by atoms with E-state index in [1.54, 1.807) is 0 Å². The smallest absolute Gasteiger partial charge is 0.468 e. The van der Waals surface area contributed by atoms with E-state index >= 15 is 0 Å². The van der Waals surface area contributed by atoms with Gasteiger partial charge in [-0.3, -0.25) is 4.79 Å². The van der Waals surface area contributed by atoms with E-state index in [4.69, 9.17) is 0 Å². The highest BCUT2D eigenvalue weighted by atomic mass is 127. The van der Waals surface area contributed by atoms with Crippen LogP contribution in [-0.2, 0) is 16.1 Å². The van der Waals surface area contributed by atoms with Gasteiger partial charge in [-0.1, -0.05) is 34.7 Å². The minimum Gasteiger partial charge on any atom is -0.468 e. The van der Waals surface area contributed by atoms with Crippen LogP contribution in [0.25, 0.3) is 0 Å². The molecule has 0 heterocycles. The van der Waals surface area contributed by atoms with Crippen molar-refractivity contribution in [1.29, 1.82) is 0 Å². The van der Waals surface area contributed by atoms with Gasteiger partial charge in [-0.15, -0.1) is 13.2 Å². The molecule has 1 N–H and O–H groups in total. The van der Waals surface area contributed by atoms with Crippen molar-refractivity contribution in [2.75, 3.05) is 13.7 Å². The van der Waals surface area contributed by atoms with E-state index in [1.807, 2.05) is 22.6 Å². The number of hydrogen-bond donors (Lipinski definition) is 1. The Labute approximate surface area is 127 Å². The molecule has 0 fully saturated rings. The van der Waals surface area contributed by atoms with Crippen molar-refractivity contribution in [1.82, 2.24) is 5.32 Å². The summed E-state index contributed by atoms with van der Waals surface area (Å²) >= 11 is 1.95. The zero-order valence-corrected chi connectivity index (χ0v) is 12.7. The first kappa shape index (κ1) is 17.0. The van der Waals surface area contributed by atoms with E-state index in [0.29, 0.717) is 13.1 Å². The Kier molecular flexibility index (Phi) is 6.53. The molecular formula is C12H13F3INO3. The number of halogens is 4. The topological polar surface area (TPSA) is 47.6 Å². The lowest BCUT2D eigenvalue weighted by molar-refractivity contribution is -0.274. The van der Waals surface area contributed by atoms with Crippen molar-refractivity contribution in [2.45, 2.75) is 16.8 Å². The third kappa shape index (κ3) is 6.42. The van der Waals surface area contributed by atoms with Gasteiger partial charge in [-0.2, -0.15) is 0 Å². The number of hydrogen-bond acceptors (Lipinski definition) is 4. The molecule has 20 heavy (non-hydrogen) atoms. The number of alkyl halides is 4. The fourth-order valence-electron chi connectivity index (χ4n) is 1.36. The summed E-state index contributed by atoms with van der Waals surface area (Å²) < 4.78 is 43.9. The molecule has 8 heteroatoms. The number of nitrogens with one attached hydrogen (secondary N) is 1. The van der Waals surface area contributed by atoms with Crippen molar-refractivity contribution in [3.8, 4) is 5.75 Å². The fraction of sp³-hybridized carbons (Fsp3) is 0.417.